The second-order valence-corrected chi connectivity index (χ2v) is 28.8. The van der Waals surface area contributed by atoms with Gasteiger partial charge in [0.25, 0.3) is 0 Å². The van der Waals surface area contributed by atoms with E-state index < -0.39 is 124 Å². The van der Waals surface area contributed by atoms with Gasteiger partial charge in [0.1, 0.15) is 73.2 Å². The number of carbonyl (C=O) groups is 1. The minimum Gasteiger partial charge on any atom is -0.394 e. The lowest BCUT2D eigenvalue weighted by Gasteiger charge is -2.48. The Balaban J connectivity index is 1.38. The van der Waals surface area contributed by atoms with Crippen LogP contribution >= 0.6 is 0 Å². The molecule has 3 saturated heterocycles. The van der Waals surface area contributed by atoms with Crippen molar-refractivity contribution in [3.63, 3.8) is 0 Å². The van der Waals surface area contributed by atoms with E-state index in [1.807, 2.05) is 6.08 Å². The Morgan fingerprint density at radius 1 is 0.343 bits per heavy atom. The predicted molar refractivity (Wildman–Crippen MR) is 433 cm³/mol. The van der Waals surface area contributed by atoms with Crippen LogP contribution in [-0.2, 0) is 33.2 Å². The molecule has 616 valence electrons. The molecule has 3 heterocycles. The Labute approximate surface area is 650 Å². The summed E-state index contributed by atoms with van der Waals surface area (Å²) < 4.78 is 34.4. The quantitative estimate of drug-likeness (QED) is 0.0199. The number of ether oxygens (including phenoxy) is 6. The molecular formula is C89H147NO18. The van der Waals surface area contributed by atoms with Crippen LogP contribution in [0.1, 0.15) is 264 Å². The maximum Gasteiger partial charge on any atom is 0.220 e. The number of unbranched alkanes of at least 4 members (excludes halogenated alkanes) is 24. The Kier molecular flexibility index (Phi) is 60.5. The lowest BCUT2D eigenvalue weighted by molar-refractivity contribution is -0.379. The van der Waals surface area contributed by atoms with Gasteiger partial charge >= 0.3 is 0 Å². The van der Waals surface area contributed by atoms with Gasteiger partial charge in [-0.25, -0.2) is 0 Å². The fourth-order valence-electron chi connectivity index (χ4n) is 12.9. The number of hydrogen-bond donors (Lipinski definition) is 12. The van der Waals surface area contributed by atoms with Crippen LogP contribution in [0.5, 0.6) is 0 Å². The summed E-state index contributed by atoms with van der Waals surface area (Å²) in [6.45, 7) is 1.59. The summed E-state index contributed by atoms with van der Waals surface area (Å²) in [5.74, 6) is -0.309. The van der Waals surface area contributed by atoms with Crippen LogP contribution < -0.4 is 5.32 Å². The molecular weight excluding hydrogens is 1370 g/mol. The summed E-state index contributed by atoms with van der Waals surface area (Å²) in [6.07, 6.45) is 72.2. The zero-order valence-electron chi connectivity index (χ0n) is 66.0. The monoisotopic (exact) mass is 1520 g/mol. The largest absolute Gasteiger partial charge is 0.394 e. The van der Waals surface area contributed by atoms with E-state index >= 15 is 0 Å². The number of amides is 1. The van der Waals surface area contributed by atoms with E-state index in [0.29, 0.717) is 12.8 Å². The minimum atomic E-state index is -1.99. The third-order valence-corrected chi connectivity index (χ3v) is 19.6. The van der Waals surface area contributed by atoms with Crippen molar-refractivity contribution in [3.05, 3.63) is 158 Å². The first-order valence-electron chi connectivity index (χ1n) is 41.7. The molecule has 3 fully saturated rings. The maximum atomic E-state index is 13.5. The summed E-state index contributed by atoms with van der Waals surface area (Å²) in [4.78, 5) is 13.5. The van der Waals surface area contributed by atoms with Gasteiger partial charge in [0.15, 0.2) is 18.9 Å². The van der Waals surface area contributed by atoms with E-state index in [1.54, 1.807) is 6.08 Å². The molecule has 19 heteroatoms. The SMILES string of the molecule is CC/C=C\C/C=C\C/C=C\C/C=C\C/C=C\C/C=C\C/C=C\C/C=C\C/C=C\C/C=C\C/C=C\CCCCCCCC(=O)NC(COC1OC(CO)C(OC2OC(CO)C(OC3OC(CO)C(O)C(O)C3O)C(O)C2O)C(O)C1O)C(O)/C=C/CC/C=C/CCCCCCCCCCCCCCCCCCCC. The van der Waals surface area contributed by atoms with Crippen molar-refractivity contribution >= 4 is 5.91 Å². The van der Waals surface area contributed by atoms with Crippen molar-refractivity contribution in [1.29, 1.82) is 0 Å². The molecule has 19 nitrogen and oxygen atoms in total. The number of rotatable bonds is 64. The summed E-state index contributed by atoms with van der Waals surface area (Å²) in [7, 11) is 0. The first-order valence-corrected chi connectivity index (χ1v) is 41.7. The highest BCUT2D eigenvalue weighted by atomic mass is 16.8. The van der Waals surface area contributed by atoms with Gasteiger partial charge in [-0.2, -0.15) is 0 Å². The number of aliphatic hydroxyl groups is 11. The Morgan fingerprint density at radius 2 is 0.648 bits per heavy atom. The molecule has 0 saturated carbocycles. The maximum absolute atomic E-state index is 13.5. The topological polar surface area (TPSA) is 307 Å². The Bertz CT molecular complexity index is 2570. The van der Waals surface area contributed by atoms with Gasteiger partial charge in [0, 0.05) is 6.42 Å². The van der Waals surface area contributed by atoms with Crippen molar-refractivity contribution < 1.29 is 89.4 Å². The molecule has 0 aromatic carbocycles. The normalized spacial score (nSPS) is 26.2. The molecule has 0 spiro atoms. The van der Waals surface area contributed by atoms with E-state index in [1.165, 1.54) is 109 Å². The molecule has 17 atom stereocenters. The number of aliphatic hydroxyl groups excluding tert-OH is 11. The average molecular weight is 1520 g/mol. The van der Waals surface area contributed by atoms with Gasteiger partial charge in [-0.1, -0.05) is 300 Å². The van der Waals surface area contributed by atoms with Crippen LogP contribution in [0, 0.1) is 0 Å². The van der Waals surface area contributed by atoms with E-state index in [9.17, 15) is 61.0 Å². The van der Waals surface area contributed by atoms with Gasteiger partial charge in [0.05, 0.1) is 38.6 Å². The Hall–Kier alpha value is -4.59. The zero-order valence-corrected chi connectivity index (χ0v) is 66.0. The molecule has 3 rings (SSSR count). The predicted octanol–water partition coefficient (Wildman–Crippen LogP) is 14.8. The number of allylic oxidation sites excluding steroid dienone is 25. The average Bonchev–Trinajstić information content (AvgIpc) is 0.775. The number of carbonyl (C=O) groups excluding carboxylic acids is 1. The number of nitrogens with one attached hydrogen (secondary N) is 1. The first kappa shape index (κ1) is 97.6. The second-order valence-electron chi connectivity index (χ2n) is 28.8. The molecule has 0 aromatic heterocycles. The van der Waals surface area contributed by atoms with Gasteiger partial charge in [-0.3, -0.25) is 4.79 Å². The molecule has 0 aromatic rings. The van der Waals surface area contributed by atoms with Crippen LogP contribution in [-0.4, -0.2) is 193 Å². The molecule has 0 bridgehead atoms. The van der Waals surface area contributed by atoms with Crippen molar-refractivity contribution in [1.82, 2.24) is 5.32 Å². The lowest BCUT2D eigenvalue weighted by Crippen LogP contribution is -2.66. The molecule has 1 amide bonds. The van der Waals surface area contributed by atoms with Gasteiger partial charge in [-0.05, 0) is 116 Å². The highest BCUT2D eigenvalue weighted by Gasteiger charge is 2.54. The smallest absolute Gasteiger partial charge is 0.220 e. The standard InChI is InChI=1S/C89H147NO18/c1-3-5-7-9-11-13-15-17-19-21-23-25-27-29-30-31-32-33-34-35-36-37-38-39-40-41-42-43-45-47-49-51-53-55-57-59-61-63-65-67-77(95)90-72(73(94)66-64-62-60-58-56-54-52-50-48-46-44-28-26-24-22-20-18-16-14-12-10-8-6-4-2)71-103-87-83(101)80(98)85(75(69-92)105-87)108-89-84(102)81(99)86(76(70-93)106-89)107-88-82(100)79(97)78(96)74(68-91)104-88/h5,7,11,13,17,19,23,25,29-30,32-33,35-36,38-39,41-42,45,47,51,53,56,58,64,66,72-76,78-89,91-94,96-102H,3-4,6,8-10,12,14-16,18,20-22,24,26-28,31,34,37,40,43-44,46,48-50,52,54-55,57,59-63,65,67-71H2,1-2H3,(H,90,95)/b7-5-,13-11-,19-17-,25-23-,30-29-,33-32-,36-35-,39-38-,42-41-,47-45-,53-51-,58-56+,66-64+. The number of hydrogen-bond acceptors (Lipinski definition) is 18. The van der Waals surface area contributed by atoms with E-state index in [0.717, 1.165) is 122 Å². The van der Waals surface area contributed by atoms with Gasteiger partial charge in [0.2, 0.25) is 5.91 Å². The van der Waals surface area contributed by atoms with Crippen LogP contribution in [0.25, 0.3) is 0 Å². The molecule has 17 unspecified atom stereocenters. The molecule has 108 heavy (non-hydrogen) atoms. The van der Waals surface area contributed by atoms with Crippen molar-refractivity contribution in [2.24, 2.45) is 0 Å². The molecule has 3 aliphatic rings. The molecule has 3 aliphatic heterocycles. The molecule has 0 radical (unpaired) electrons. The zero-order chi connectivity index (χ0) is 78.1. The van der Waals surface area contributed by atoms with Crippen LogP contribution in [0.3, 0.4) is 0 Å². The highest BCUT2D eigenvalue weighted by Crippen LogP contribution is 2.33. The lowest BCUT2D eigenvalue weighted by atomic mass is 9.96. The van der Waals surface area contributed by atoms with Crippen molar-refractivity contribution in [2.75, 3.05) is 26.4 Å². The molecule has 0 aliphatic carbocycles. The molecule has 12 N–H and O–H groups in total. The van der Waals surface area contributed by atoms with E-state index in [-0.39, 0.29) is 18.9 Å². The van der Waals surface area contributed by atoms with Crippen LogP contribution in [0.15, 0.2) is 158 Å². The van der Waals surface area contributed by atoms with E-state index in [2.05, 4.69) is 165 Å². The van der Waals surface area contributed by atoms with Gasteiger partial charge < -0.3 is 89.9 Å². The summed E-state index contributed by atoms with van der Waals surface area (Å²) >= 11 is 0. The summed E-state index contributed by atoms with van der Waals surface area (Å²) in [5, 5.41) is 121. The van der Waals surface area contributed by atoms with Crippen molar-refractivity contribution in [2.45, 2.75) is 369 Å². The third kappa shape index (κ3) is 45.8. The first-order chi connectivity index (χ1) is 52.8. The summed E-state index contributed by atoms with van der Waals surface area (Å²) in [6, 6.07) is -1.01. The second kappa shape index (κ2) is 67.0. The fraction of sp³-hybridized carbons (Fsp3) is 0.697. The summed E-state index contributed by atoms with van der Waals surface area (Å²) in [5.41, 5.74) is 0. The van der Waals surface area contributed by atoms with E-state index in [4.69, 9.17) is 28.4 Å². The van der Waals surface area contributed by atoms with Crippen LogP contribution in [0.2, 0.25) is 0 Å². The van der Waals surface area contributed by atoms with Gasteiger partial charge in [-0.15, -0.1) is 0 Å². The third-order valence-electron chi connectivity index (χ3n) is 19.6. The minimum absolute atomic E-state index is 0.203. The van der Waals surface area contributed by atoms with Crippen molar-refractivity contribution in [3.8, 4) is 0 Å². The Morgan fingerprint density at radius 3 is 1.04 bits per heavy atom. The highest BCUT2D eigenvalue weighted by molar-refractivity contribution is 5.76. The fourth-order valence-corrected chi connectivity index (χ4v) is 12.9. The van der Waals surface area contributed by atoms with Crippen LogP contribution in [0.4, 0.5) is 0 Å².